The van der Waals surface area contributed by atoms with Crippen LogP contribution in [-0.4, -0.2) is 18.0 Å². The SMILES string of the molecule is CCN(C=CC=Cc1ccccc1)CC. The molecule has 1 aromatic carbocycles. The van der Waals surface area contributed by atoms with Crippen LogP contribution in [0.2, 0.25) is 0 Å². The van der Waals surface area contributed by atoms with Crippen LogP contribution in [0.5, 0.6) is 0 Å². The molecular weight excluding hydrogens is 182 g/mol. The Morgan fingerprint density at radius 3 is 2.27 bits per heavy atom. The van der Waals surface area contributed by atoms with Crippen LogP contribution < -0.4 is 0 Å². The van der Waals surface area contributed by atoms with Crippen molar-refractivity contribution in [3.63, 3.8) is 0 Å². The summed E-state index contributed by atoms with van der Waals surface area (Å²) in [6, 6.07) is 10.3. The topological polar surface area (TPSA) is 3.24 Å². The minimum atomic E-state index is 1.06. The van der Waals surface area contributed by atoms with Crippen molar-refractivity contribution in [2.45, 2.75) is 13.8 Å². The van der Waals surface area contributed by atoms with E-state index in [0.717, 1.165) is 13.1 Å². The Kier molecular flexibility index (Phi) is 5.31. The number of nitrogens with zero attached hydrogens (tertiary/aromatic N) is 1. The average molecular weight is 201 g/mol. The lowest BCUT2D eigenvalue weighted by molar-refractivity contribution is 0.419. The van der Waals surface area contributed by atoms with Crippen molar-refractivity contribution in [1.82, 2.24) is 4.90 Å². The summed E-state index contributed by atoms with van der Waals surface area (Å²) in [6.45, 7) is 6.45. The van der Waals surface area contributed by atoms with Gasteiger partial charge >= 0.3 is 0 Å². The molecule has 0 unspecified atom stereocenters. The second kappa shape index (κ2) is 6.88. The summed E-state index contributed by atoms with van der Waals surface area (Å²) >= 11 is 0. The summed E-state index contributed by atoms with van der Waals surface area (Å²) in [5.41, 5.74) is 1.24. The van der Waals surface area contributed by atoms with E-state index in [1.807, 2.05) is 18.2 Å². The molecule has 1 heteroatoms. The molecule has 0 amide bonds. The van der Waals surface area contributed by atoms with Crippen LogP contribution in [0, 0.1) is 0 Å². The van der Waals surface area contributed by atoms with E-state index < -0.39 is 0 Å². The van der Waals surface area contributed by atoms with E-state index in [1.165, 1.54) is 5.56 Å². The highest BCUT2D eigenvalue weighted by molar-refractivity contribution is 5.50. The smallest absolute Gasteiger partial charge is 0.0143 e. The summed E-state index contributed by atoms with van der Waals surface area (Å²) < 4.78 is 0. The predicted octanol–water partition coefficient (Wildman–Crippen LogP) is 3.56. The Labute approximate surface area is 92.7 Å². The number of allylic oxidation sites excluding steroid dienone is 2. The molecule has 0 saturated heterocycles. The third-order valence-corrected chi connectivity index (χ3v) is 2.31. The fraction of sp³-hybridized carbons (Fsp3) is 0.286. The lowest BCUT2D eigenvalue weighted by Crippen LogP contribution is -2.14. The normalized spacial score (nSPS) is 11.3. The van der Waals surface area contributed by atoms with Gasteiger partial charge in [0.1, 0.15) is 0 Å². The van der Waals surface area contributed by atoms with Crippen molar-refractivity contribution in [3.8, 4) is 0 Å². The lowest BCUT2D eigenvalue weighted by atomic mass is 10.2. The first-order valence-electron chi connectivity index (χ1n) is 5.50. The Bertz CT molecular complexity index is 307. The minimum absolute atomic E-state index is 1.06. The Morgan fingerprint density at radius 1 is 1.00 bits per heavy atom. The van der Waals surface area contributed by atoms with Crippen LogP contribution in [-0.2, 0) is 0 Å². The monoisotopic (exact) mass is 201 g/mol. The van der Waals surface area contributed by atoms with Crippen molar-refractivity contribution in [1.29, 1.82) is 0 Å². The summed E-state index contributed by atoms with van der Waals surface area (Å²) in [5.74, 6) is 0. The van der Waals surface area contributed by atoms with E-state index in [4.69, 9.17) is 0 Å². The van der Waals surface area contributed by atoms with Gasteiger partial charge in [-0.3, -0.25) is 0 Å². The molecule has 0 aliphatic rings. The van der Waals surface area contributed by atoms with Gasteiger partial charge in [-0.2, -0.15) is 0 Å². The average Bonchev–Trinajstić information content (AvgIpc) is 2.31. The number of rotatable bonds is 5. The van der Waals surface area contributed by atoms with Crippen molar-refractivity contribution in [2.75, 3.05) is 13.1 Å². The van der Waals surface area contributed by atoms with Gasteiger partial charge in [0.05, 0.1) is 0 Å². The maximum Gasteiger partial charge on any atom is 0.0143 e. The Morgan fingerprint density at radius 2 is 1.67 bits per heavy atom. The van der Waals surface area contributed by atoms with Crippen molar-refractivity contribution in [3.05, 3.63) is 54.2 Å². The Hall–Kier alpha value is -1.50. The van der Waals surface area contributed by atoms with E-state index in [-0.39, 0.29) is 0 Å². The summed E-state index contributed by atoms with van der Waals surface area (Å²) in [4.78, 5) is 2.26. The highest BCUT2D eigenvalue weighted by Crippen LogP contribution is 2.01. The minimum Gasteiger partial charge on any atom is -0.378 e. The zero-order valence-electron chi connectivity index (χ0n) is 9.56. The first kappa shape index (κ1) is 11.6. The van der Waals surface area contributed by atoms with Gasteiger partial charge < -0.3 is 4.90 Å². The molecule has 0 aromatic heterocycles. The first-order chi connectivity index (χ1) is 7.36. The van der Waals surface area contributed by atoms with Gasteiger partial charge in [0.15, 0.2) is 0 Å². The highest BCUT2D eigenvalue weighted by Gasteiger charge is 1.86. The second-order valence-corrected chi connectivity index (χ2v) is 3.33. The maximum atomic E-state index is 2.26. The fourth-order valence-electron chi connectivity index (χ4n) is 1.34. The summed E-state index contributed by atoms with van der Waals surface area (Å²) in [7, 11) is 0. The zero-order valence-corrected chi connectivity index (χ0v) is 9.56. The van der Waals surface area contributed by atoms with Crippen molar-refractivity contribution >= 4 is 6.08 Å². The van der Waals surface area contributed by atoms with Crippen LogP contribution in [0.25, 0.3) is 6.08 Å². The molecule has 0 bridgehead atoms. The molecule has 0 saturated carbocycles. The maximum absolute atomic E-state index is 2.26. The van der Waals surface area contributed by atoms with E-state index in [0.29, 0.717) is 0 Å². The molecule has 0 atom stereocenters. The number of benzene rings is 1. The quantitative estimate of drug-likeness (QED) is 0.658. The lowest BCUT2D eigenvalue weighted by Gasteiger charge is -2.13. The predicted molar refractivity (Wildman–Crippen MR) is 67.5 cm³/mol. The standard InChI is InChI=1S/C14H19N/c1-3-15(4-2)13-9-8-12-14-10-6-5-7-11-14/h5-13H,3-4H2,1-2H3. The number of hydrogen-bond donors (Lipinski definition) is 0. The summed E-state index contributed by atoms with van der Waals surface area (Å²) in [5, 5.41) is 0. The zero-order chi connectivity index (χ0) is 10.9. The van der Waals surface area contributed by atoms with Crippen LogP contribution in [0.4, 0.5) is 0 Å². The fourth-order valence-corrected chi connectivity index (χ4v) is 1.34. The molecule has 15 heavy (non-hydrogen) atoms. The van der Waals surface area contributed by atoms with Crippen molar-refractivity contribution in [2.24, 2.45) is 0 Å². The first-order valence-corrected chi connectivity index (χ1v) is 5.50. The highest BCUT2D eigenvalue weighted by atomic mass is 15.1. The van der Waals surface area contributed by atoms with Crippen LogP contribution in [0.15, 0.2) is 48.7 Å². The molecule has 0 heterocycles. The van der Waals surface area contributed by atoms with E-state index in [9.17, 15) is 0 Å². The van der Waals surface area contributed by atoms with E-state index >= 15 is 0 Å². The molecule has 1 nitrogen and oxygen atoms in total. The van der Waals surface area contributed by atoms with Gasteiger partial charge in [0.25, 0.3) is 0 Å². The van der Waals surface area contributed by atoms with Gasteiger partial charge in [-0.05, 0) is 31.7 Å². The molecule has 80 valence electrons. The third kappa shape index (κ3) is 4.50. The molecule has 0 aliphatic carbocycles. The van der Waals surface area contributed by atoms with Crippen LogP contribution in [0.3, 0.4) is 0 Å². The van der Waals surface area contributed by atoms with Crippen molar-refractivity contribution < 1.29 is 0 Å². The van der Waals surface area contributed by atoms with Gasteiger partial charge in [-0.15, -0.1) is 0 Å². The second-order valence-electron chi connectivity index (χ2n) is 3.33. The van der Waals surface area contributed by atoms with Crippen LogP contribution >= 0.6 is 0 Å². The molecule has 1 aromatic rings. The largest absolute Gasteiger partial charge is 0.378 e. The molecule has 1 rings (SSSR count). The molecule has 0 radical (unpaired) electrons. The molecule has 0 aliphatic heterocycles. The number of hydrogen-bond acceptors (Lipinski definition) is 1. The van der Waals surface area contributed by atoms with Crippen LogP contribution in [0.1, 0.15) is 19.4 Å². The van der Waals surface area contributed by atoms with Gasteiger partial charge in [0, 0.05) is 13.1 Å². The molecule has 0 spiro atoms. The molecule has 0 fully saturated rings. The molecule has 0 N–H and O–H groups in total. The molecular formula is C14H19N. The van der Waals surface area contributed by atoms with Gasteiger partial charge in [-0.1, -0.05) is 42.5 Å². The van der Waals surface area contributed by atoms with Gasteiger partial charge in [-0.25, -0.2) is 0 Å². The Balaban J connectivity index is 2.46. The van der Waals surface area contributed by atoms with E-state index in [2.05, 4.69) is 55.3 Å². The summed E-state index contributed by atoms with van der Waals surface area (Å²) in [6.07, 6.45) is 8.40. The third-order valence-electron chi connectivity index (χ3n) is 2.31. The van der Waals surface area contributed by atoms with E-state index in [1.54, 1.807) is 0 Å². The van der Waals surface area contributed by atoms with Gasteiger partial charge in [0.2, 0.25) is 0 Å².